The van der Waals surface area contributed by atoms with E-state index in [4.69, 9.17) is 0 Å². The van der Waals surface area contributed by atoms with Gasteiger partial charge in [0.05, 0.1) is 11.6 Å². The Kier molecular flexibility index (Phi) is 5.85. The van der Waals surface area contributed by atoms with E-state index in [2.05, 4.69) is 10.2 Å². The Bertz CT molecular complexity index is 776. The van der Waals surface area contributed by atoms with Crippen molar-refractivity contribution in [2.75, 3.05) is 13.6 Å². The Balaban J connectivity index is 1.87. The third kappa shape index (κ3) is 4.69. The maximum absolute atomic E-state index is 13.0. The summed E-state index contributed by atoms with van der Waals surface area (Å²) in [5.41, 5.74) is 0.155. The Morgan fingerprint density at radius 3 is 2.52 bits per heavy atom. The number of halogens is 3. The molecule has 6 heteroatoms. The molecule has 1 amide bonds. The Labute approximate surface area is 157 Å². The van der Waals surface area contributed by atoms with Gasteiger partial charge in [0, 0.05) is 11.6 Å². The van der Waals surface area contributed by atoms with Crippen molar-refractivity contribution in [2.45, 2.75) is 37.5 Å². The number of carbonyl (C=O) groups excluding carboxylic acids is 1. The van der Waals surface area contributed by atoms with Crippen LogP contribution in [0.4, 0.5) is 13.2 Å². The van der Waals surface area contributed by atoms with Crippen LogP contribution < -0.4 is 5.32 Å². The average molecular weight is 375 g/mol. The van der Waals surface area contributed by atoms with Gasteiger partial charge in [-0.3, -0.25) is 4.79 Å². The van der Waals surface area contributed by atoms with Crippen LogP contribution in [0.3, 0.4) is 0 Å². The normalized spacial score (nSPS) is 19.5. The van der Waals surface area contributed by atoms with Crippen molar-refractivity contribution in [3.8, 4) is 0 Å². The van der Waals surface area contributed by atoms with Gasteiger partial charge in [-0.1, -0.05) is 42.8 Å². The highest BCUT2D eigenvalue weighted by atomic mass is 19.4. The van der Waals surface area contributed by atoms with E-state index in [1.807, 2.05) is 37.4 Å². The van der Waals surface area contributed by atoms with Crippen LogP contribution in [0.15, 0.2) is 54.6 Å². The number of hydrogen-bond donors (Lipinski definition) is 1. The molecule has 3 nitrogen and oxygen atoms in total. The van der Waals surface area contributed by atoms with Crippen molar-refractivity contribution in [3.63, 3.8) is 0 Å². The maximum Gasteiger partial charge on any atom is 0.416 e. The predicted octanol–water partition coefficient (Wildman–Crippen LogP) is 4.66. The molecule has 1 aliphatic heterocycles. The molecular weight excluding hydrogens is 352 g/mol. The third-order valence-electron chi connectivity index (χ3n) is 5.11. The minimum atomic E-state index is -4.47. The second-order valence-corrected chi connectivity index (χ2v) is 6.98. The topological polar surface area (TPSA) is 32.3 Å². The Morgan fingerprint density at radius 2 is 1.85 bits per heavy atom. The second kappa shape index (κ2) is 8.13. The first-order valence-corrected chi connectivity index (χ1v) is 9.09. The molecule has 0 saturated carbocycles. The van der Waals surface area contributed by atoms with Crippen molar-refractivity contribution >= 4 is 5.91 Å². The highest BCUT2D eigenvalue weighted by Gasteiger charge is 2.32. The van der Waals surface area contributed by atoms with E-state index in [1.54, 1.807) is 0 Å². The number of alkyl halides is 3. The Hall–Kier alpha value is -2.34. The molecule has 1 aliphatic rings. The van der Waals surface area contributed by atoms with Crippen LogP contribution in [0.2, 0.25) is 0 Å². The van der Waals surface area contributed by atoms with Crippen LogP contribution >= 0.6 is 0 Å². The molecule has 1 fully saturated rings. The number of nitrogens with zero attached hydrogens (tertiary/aromatic N) is 1. The molecule has 1 saturated heterocycles. The van der Waals surface area contributed by atoms with Crippen LogP contribution in [-0.2, 0) is 6.18 Å². The number of hydrogen-bond acceptors (Lipinski definition) is 2. The van der Waals surface area contributed by atoms with Gasteiger partial charge >= 0.3 is 6.18 Å². The first-order valence-electron chi connectivity index (χ1n) is 9.09. The lowest BCUT2D eigenvalue weighted by molar-refractivity contribution is -0.137. The number of amides is 1. The zero-order chi connectivity index (χ0) is 19.4. The van der Waals surface area contributed by atoms with Gasteiger partial charge in [-0.2, -0.15) is 13.2 Å². The summed E-state index contributed by atoms with van der Waals surface area (Å²) < 4.78 is 38.9. The van der Waals surface area contributed by atoms with Gasteiger partial charge in [-0.05, 0) is 50.2 Å². The molecule has 2 aromatic rings. The van der Waals surface area contributed by atoms with E-state index in [0.717, 1.165) is 43.5 Å². The third-order valence-corrected chi connectivity index (χ3v) is 5.11. The number of likely N-dealkylation sites (N-methyl/N-ethyl adjacent to an activating group) is 1. The van der Waals surface area contributed by atoms with Gasteiger partial charge < -0.3 is 10.2 Å². The highest BCUT2D eigenvalue weighted by molar-refractivity contribution is 5.94. The summed E-state index contributed by atoms with van der Waals surface area (Å²) in [5.74, 6) is -0.492. The first kappa shape index (κ1) is 19.4. The van der Waals surface area contributed by atoms with Gasteiger partial charge in [-0.15, -0.1) is 0 Å². The van der Waals surface area contributed by atoms with Gasteiger partial charge in [0.1, 0.15) is 0 Å². The average Bonchev–Trinajstić information content (AvgIpc) is 2.67. The fourth-order valence-corrected chi connectivity index (χ4v) is 3.65. The van der Waals surface area contributed by atoms with E-state index in [1.165, 1.54) is 12.1 Å². The number of nitrogens with one attached hydrogen (secondary N) is 1. The summed E-state index contributed by atoms with van der Waals surface area (Å²) in [7, 11) is 2.02. The molecule has 0 bridgehead atoms. The molecule has 0 radical (unpaired) electrons. The summed E-state index contributed by atoms with van der Waals surface area (Å²) in [4.78, 5) is 15.0. The number of carbonyl (C=O) groups is 1. The number of rotatable bonds is 4. The van der Waals surface area contributed by atoms with Gasteiger partial charge in [0.15, 0.2) is 0 Å². The molecule has 2 aromatic carbocycles. The molecule has 1 heterocycles. The standard InChI is InChI=1S/C21H23F3N2O/c1-26-13-6-5-12-18(26)19(15-8-3-2-4-9-15)25-20(27)16-10-7-11-17(14-16)21(22,23)24/h2-4,7-11,14,18-19H,5-6,12-13H2,1H3,(H,25,27)/t18-,19-/m0/s1/i1-1. The molecule has 1 N–H and O–H groups in total. The minimum absolute atomic E-state index is 0.0178. The fraction of sp³-hybridized carbons (Fsp3) is 0.381. The van der Waals surface area contributed by atoms with Crippen LogP contribution in [0.1, 0.15) is 46.8 Å². The quantitative estimate of drug-likeness (QED) is 0.843. The van der Waals surface area contributed by atoms with Gasteiger partial charge in [0.2, 0.25) is 0 Å². The van der Waals surface area contributed by atoms with Crippen LogP contribution in [0.5, 0.6) is 0 Å². The lowest BCUT2D eigenvalue weighted by Gasteiger charge is -2.38. The fourth-order valence-electron chi connectivity index (χ4n) is 3.65. The summed E-state index contributed by atoms with van der Waals surface area (Å²) in [5, 5.41) is 2.98. The van der Waals surface area contributed by atoms with Crippen molar-refractivity contribution < 1.29 is 18.0 Å². The molecule has 144 valence electrons. The van der Waals surface area contributed by atoms with Crippen molar-refractivity contribution in [2.24, 2.45) is 0 Å². The largest absolute Gasteiger partial charge is 0.416 e. The van der Waals surface area contributed by atoms with E-state index in [0.29, 0.717) is 0 Å². The zero-order valence-corrected chi connectivity index (χ0v) is 15.2. The lowest BCUT2D eigenvalue weighted by Crippen LogP contribution is -2.47. The van der Waals surface area contributed by atoms with Gasteiger partial charge in [0.25, 0.3) is 5.91 Å². The molecule has 0 spiro atoms. The number of benzene rings is 2. The van der Waals surface area contributed by atoms with Crippen LogP contribution in [0, 0.1) is 0 Å². The van der Waals surface area contributed by atoms with E-state index >= 15 is 0 Å². The predicted molar refractivity (Wildman–Crippen MR) is 98.4 cm³/mol. The molecule has 2 atom stereocenters. The smallest absolute Gasteiger partial charge is 0.344 e. The van der Waals surface area contributed by atoms with Crippen LogP contribution in [0.25, 0.3) is 0 Å². The summed E-state index contributed by atoms with van der Waals surface area (Å²) in [6.07, 6.45) is -1.37. The monoisotopic (exact) mass is 375 g/mol. The van der Waals surface area contributed by atoms with E-state index < -0.39 is 17.6 Å². The maximum atomic E-state index is 13.0. The minimum Gasteiger partial charge on any atom is -0.344 e. The second-order valence-electron chi connectivity index (χ2n) is 6.98. The number of piperidine rings is 1. The van der Waals surface area contributed by atoms with Crippen LogP contribution in [-0.4, -0.2) is 30.4 Å². The molecule has 0 aromatic heterocycles. The summed E-state index contributed by atoms with van der Waals surface area (Å²) in [6.45, 7) is 0.938. The van der Waals surface area contributed by atoms with Gasteiger partial charge in [-0.25, -0.2) is 0 Å². The summed E-state index contributed by atoms with van der Waals surface area (Å²) >= 11 is 0. The first-order chi connectivity index (χ1) is 12.9. The molecular formula is C21H23F3N2O. The van der Waals surface area contributed by atoms with Crippen molar-refractivity contribution in [1.82, 2.24) is 10.2 Å². The molecule has 27 heavy (non-hydrogen) atoms. The SMILES string of the molecule is [11CH3]N1CCCC[C@H]1[C@@H](NC(=O)c1cccc(C(F)(F)F)c1)c1ccccc1. The van der Waals surface area contributed by atoms with Crippen molar-refractivity contribution in [3.05, 3.63) is 71.3 Å². The molecule has 3 rings (SSSR count). The molecule has 0 unspecified atom stereocenters. The highest BCUT2D eigenvalue weighted by Crippen LogP contribution is 2.31. The van der Waals surface area contributed by atoms with E-state index in [9.17, 15) is 18.0 Å². The Morgan fingerprint density at radius 1 is 1.11 bits per heavy atom. The summed E-state index contributed by atoms with van der Waals surface area (Å²) in [6, 6.07) is 14.0. The molecule has 0 aliphatic carbocycles. The van der Waals surface area contributed by atoms with E-state index in [-0.39, 0.29) is 17.6 Å². The van der Waals surface area contributed by atoms with Crippen molar-refractivity contribution in [1.29, 1.82) is 0 Å². The number of likely N-dealkylation sites (tertiary alicyclic amines) is 1. The zero-order valence-electron chi connectivity index (χ0n) is 15.2. The lowest BCUT2D eigenvalue weighted by atomic mass is 9.89.